The van der Waals surface area contributed by atoms with Gasteiger partial charge in [0.05, 0.1) is 0 Å². The van der Waals surface area contributed by atoms with Crippen LogP contribution in [0.5, 0.6) is 0 Å². The van der Waals surface area contributed by atoms with E-state index in [9.17, 15) is 0 Å². The van der Waals surface area contributed by atoms with E-state index in [0.29, 0.717) is 23.3 Å². The Bertz CT molecular complexity index is 617. The van der Waals surface area contributed by atoms with Crippen molar-refractivity contribution in [2.75, 3.05) is 21.3 Å². The molecular formula is C22H36O3Si. The number of allylic oxidation sites excluding steroid dienone is 4. The number of fused-ring (bicyclic) bond motifs is 4. The fourth-order valence-electron chi connectivity index (χ4n) is 7.47. The Balaban J connectivity index is 1.77. The van der Waals surface area contributed by atoms with E-state index in [-0.39, 0.29) is 5.22 Å². The zero-order valence-electron chi connectivity index (χ0n) is 17.4. The van der Waals surface area contributed by atoms with Gasteiger partial charge in [0.1, 0.15) is 5.22 Å². The van der Waals surface area contributed by atoms with E-state index in [1.165, 1.54) is 25.7 Å². The van der Waals surface area contributed by atoms with Crippen LogP contribution in [0.15, 0.2) is 23.3 Å². The van der Waals surface area contributed by atoms with Crippen molar-refractivity contribution in [3.63, 3.8) is 0 Å². The number of rotatable bonds is 7. The van der Waals surface area contributed by atoms with Gasteiger partial charge in [-0.15, -0.1) is 0 Å². The summed E-state index contributed by atoms with van der Waals surface area (Å²) in [6.07, 6.45) is 10.9. The Kier molecular flexibility index (Phi) is 4.79. The van der Waals surface area contributed by atoms with Crippen LogP contribution in [0.1, 0.15) is 52.9 Å². The molecule has 7 unspecified atom stereocenters. The van der Waals surface area contributed by atoms with Crippen LogP contribution >= 0.6 is 0 Å². The number of hydrogen-bond acceptors (Lipinski definition) is 3. The van der Waals surface area contributed by atoms with Gasteiger partial charge in [-0.2, -0.15) is 0 Å². The summed E-state index contributed by atoms with van der Waals surface area (Å²) in [7, 11) is 3.12. The highest BCUT2D eigenvalue weighted by molar-refractivity contribution is 6.72. The number of hydrogen-bond donors (Lipinski definition) is 0. The van der Waals surface area contributed by atoms with Gasteiger partial charge in [0.25, 0.3) is 0 Å². The van der Waals surface area contributed by atoms with Crippen molar-refractivity contribution in [3.05, 3.63) is 23.3 Å². The Hall–Kier alpha value is -0.423. The Morgan fingerprint density at radius 3 is 2.15 bits per heavy atom. The molecule has 0 aromatic heterocycles. The molecule has 26 heavy (non-hydrogen) atoms. The van der Waals surface area contributed by atoms with Crippen molar-refractivity contribution in [2.24, 2.45) is 29.6 Å². The molecule has 0 aromatic carbocycles. The topological polar surface area (TPSA) is 27.7 Å². The summed E-state index contributed by atoms with van der Waals surface area (Å²) in [5.74, 6) is 3.25. The third-order valence-electron chi connectivity index (χ3n) is 8.80. The molecule has 0 radical (unpaired) electrons. The highest BCUT2D eigenvalue weighted by atomic mass is 28.4. The van der Waals surface area contributed by atoms with E-state index in [1.54, 1.807) is 11.1 Å². The Morgan fingerprint density at radius 1 is 1.00 bits per heavy atom. The molecule has 0 saturated heterocycles. The predicted octanol–water partition coefficient (Wildman–Crippen LogP) is 5.01. The van der Waals surface area contributed by atoms with Gasteiger partial charge in [-0.25, -0.2) is 0 Å². The summed E-state index contributed by atoms with van der Waals surface area (Å²) in [5, 5.41) is -0.263. The Morgan fingerprint density at radius 2 is 1.73 bits per heavy atom. The fourth-order valence-corrected chi connectivity index (χ4v) is 12.6. The zero-order chi connectivity index (χ0) is 18.7. The summed E-state index contributed by atoms with van der Waals surface area (Å²) in [6.45, 7) is 6.99. The van der Waals surface area contributed by atoms with Gasteiger partial charge in [0.15, 0.2) is 0 Å². The normalized spacial score (nSPS) is 40.7. The first-order valence-electron chi connectivity index (χ1n) is 10.5. The van der Waals surface area contributed by atoms with Crippen LogP contribution < -0.4 is 0 Å². The van der Waals surface area contributed by atoms with Gasteiger partial charge in [0.2, 0.25) is 0 Å². The fraction of sp³-hybridized carbons (Fsp3) is 0.818. The lowest BCUT2D eigenvalue weighted by molar-refractivity contribution is -0.0518. The second kappa shape index (κ2) is 6.58. The van der Waals surface area contributed by atoms with Gasteiger partial charge in [-0.3, -0.25) is 0 Å². The van der Waals surface area contributed by atoms with Crippen molar-refractivity contribution in [1.29, 1.82) is 0 Å². The second-order valence-corrected chi connectivity index (χ2v) is 12.9. The molecular weight excluding hydrogens is 340 g/mol. The maximum atomic E-state index is 6.54. The van der Waals surface area contributed by atoms with Crippen molar-refractivity contribution in [2.45, 2.75) is 63.6 Å². The van der Waals surface area contributed by atoms with Crippen molar-refractivity contribution >= 4 is 8.56 Å². The van der Waals surface area contributed by atoms with Crippen molar-refractivity contribution < 1.29 is 13.6 Å². The molecule has 2 fully saturated rings. The lowest BCUT2D eigenvalue weighted by Gasteiger charge is -2.53. The van der Waals surface area contributed by atoms with E-state index in [4.69, 9.17) is 13.6 Å². The average molecular weight is 377 g/mol. The first kappa shape index (κ1) is 18.9. The molecule has 146 valence electrons. The SMILES string of the molecule is CCC(OC)(C1CC2CC1C(C)=C2C)[Si](OC)(OC)C1CC2C=CC1C2. The minimum atomic E-state index is -2.59. The summed E-state index contributed by atoms with van der Waals surface area (Å²) >= 11 is 0. The lowest BCUT2D eigenvalue weighted by atomic mass is 9.80. The molecule has 0 heterocycles. The van der Waals surface area contributed by atoms with Crippen LogP contribution in [0.4, 0.5) is 0 Å². The molecule has 4 aliphatic carbocycles. The van der Waals surface area contributed by atoms with E-state index >= 15 is 0 Å². The second-order valence-electron chi connectivity index (χ2n) is 9.16. The quantitative estimate of drug-likeness (QED) is 0.461. The first-order chi connectivity index (χ1) is 12.5. The predicted molar refractivity (Wildman–Crippen MR) is 107 cm³/mol. The molecule has 4 aliphatic rings. The summed E-state index contributed by atoms with van der Waals surface area (Å²) in [5.41, 5.74) is 3.76. The summed E-state index contributed by atoms with van der Waals surface area (Å²) in [4.78, 5) is 0. The minimum absolute atomic E-state index is 0.263. The molecule has 3 nitrogen and oxygen atoms in total. The monoisotopic (exact) mass is 376 g/mol. The molecule has 4 heteroatoms. The van der Waals surface area contributed by atoms with E-state index < -0.39 is 8.56 Å². The smallest absolute Gasteiger partial charge is 0.374 e. The summed E-state index contributed by atoms with van der Waals surface area (Å²) < 4.78 is 19.5. The highest BCUT2D eigenvalue weighted by Gasteiger charge is 2.70. The highest BCUT2D eigenvalue weighted by Crippen LogP contribution is 2.62. The number of ether oxygens (including phenoxy) is 1. The van der Waals surface area contributed by atoms with Crippen LogP contribution in [-0.4, -0.2) is 35.1 Å². The maximum Gasteiger partial charge on any atom is 0.374 e. The van der Waals surface area contributed by atoms with E-state index in [0.717, 1.165) is 18.3 Å². The van der Waals surface area contributed by atoms with Crippen molar-refractivity contribution in [3.8, 4) is 0 Å². The number of methoxy groups -OCH3 is 1. The van der Waals surface area contributed by atoms with Crippen LogP contribution in [0.3, 0.4) is 0 Å². The standard InChI is InChI=1S/C22H36O3Si/c1-7-22(23-4,20-13-18-12-19(20)15(3)14(18)2)26(24-5,25-6)21-11-16-8-9-17(21)10-16/h8-9,16-21H,7,10-13H2,1-6H3. The molecule has 0 amide bonds. The molecule has 4 bridgehead atoms. The van der Waals surface area contributed by atoms with Gasteiger partial charge < -0.3 is 13.6 Å². The lowest BCUT2D eigenvalue weighted by Crippen LogP contribution is -2.70. The van der Waals surface area contributed by atoms with Crippen molar-refractivity contribution in [1.82, 2.24) is 0 Å². The molecule has 0 spiro atoms. The van der Waals surface area contributed by atoms with Crippen LogP contribution in [0.25, 0.3) is 0 Å². The zero-order valence-corrected chi connectivity index (χ0v) is 18.4. The largest absolute Gasteiger partial charge is 0.396 e. The minimum Gasteiger partial charge on any atom is -0.396 e. The summed E-state index contributed by atoms with van der Waals surface area (Å²) in [6, 6.07) is 0. The first-order valence-corrected chi connectivity index (χ1v) is 12.4. The van der Waals surface area contributed by atoms with Gasteiger partial charge in [0, 0.05) is 26.9 Å². The maximum absolute atomic E-state index is 6.54. The Labute approximate surface area is 160 Å². The van der Waals surface area contributed by atoms with Gasteiger partial charge >= 0.3 is 8.56 Å². The molecule has 0 aliphatic heterocycles. The molecule has 2 saturated carbocycles. The molecule has 7 atom stereocenters. The van der Waals surface area contributed by atoms with Crippen LogP contribution in [-0.2, 0) is 13.6 Å². The van der Waals surface area contributed by atoms with E-state index in [1.807, 2.05) is 21.3 Å². The third kappa shape index (κ3) is 2.22. The molecule has 0 N–H and O–H groups in total. The van der Waals surface area contributed by atoms with Crippen LogP contribution in [0, 0.1) is 29.6 Å². The van der Waals surface area contributed by atoms with Gasteiger partial charge in [-0.1, -0.05) is 30.2 Å². The third-order valence-corrected chi connectivity index (χ3v) is 13.8. The average Bonchev–Trinajstić information content (AvgIpc) is 3.43. The molecule has 4 rings (SSSR count). The van der Waals surface area contributed by atoms with E-state index in [2.05, 4.69) is 32.9 Å². The van der Waals surface area contributed by atoms with Crippen LogP contribution in [0.2, 0.25) is 5.54 Å². The van der Waals surface area contributed by atoms with Gasteiger partial charge in [-0.05, 0) is 75.5 Å². The molecule has 0 aromatic rings.